The lowest BCUT2D eigenvalue weighted by Gasteiger charge is -2.16. The highest BCUT2D eigenvalue weighted by atomic mass is 16.5. The fourth-order valence-electron chi connectivity index (χ4n) is 2.70. The van der Waals surface area contributed by atoms with Crippen molar-refractivity contribution in [2.45, 2.75) is 27.2 Å². The van der Waals surface area contributed by atoms with Gasteiger partial charge in [-0.05, 0) is 37.9 Å². The van der Waals surface area contributed by atoms with Gasteiger partial charge in [-0.25, -0.2) is 0 Å². The summed E-state index contributed by atoms with van der Waals surface area (Å²) < 4.78 is 5.92. The molecular weight excluding hydrogens is 222 g/mol. The molecule has 2 heteroatoms. The molecule has 1 aliphatic rings. The first kappa shape index (κ1) is 13.4. The SMILES string of the molecule is CCCN1CC(C)C(COc2ccc(C)cc2)C1. The van der Waals surface area contributed by atoms with Gasteiger partial charge >= 0.3 is 0 Å². The van der Waals surface area contributed by atoms with Gasteiger partial charge in [0, 0.05) is 19.0 Å². The summed E-state index contributed by atoms with van der Waals surface area (Å²) in [6.45, 7) is 11.2. The Bertz CT molecular complexity index is 360. The second-order valence-electron chi connectivity index (χ2n) is 5.62. The van der Waals surface area contributed by atoms with Crippen LogP contribution < -0.4 is 4.74 Å². The summed E-state index contributed by atoms with van der Waals surface area (Å²) in [5.41, 5.74) is 1.28. The molecule has 1 aliphatic heterocycles. The Hall–Kier alpha value is -1.02. The molecule has 2 unspecified atom stereocenters. The molecule has 0 aliphatic carbocycles. The fraction of sp³-hybridized carbons (Fsp3) is 0.625. The Morgan fingerprint density at radius 3 is 2.61 bits per heavy atom. The number of benzene rings is 1. The van der Waals surface area contributed by atoms with Crippen LogP contribution in [0.3, 0.4) is 0 Å². The van der Waals surface area contributed by atoms with Crippen molar-refractivity contribution in [1.29, 1.82) is 0 Å². The van der Waals surface area contributed by atoms with E-state index in [4.69, 9.17) is 4.74 Å². The molecule has 1 saturated heterocycles. The summed E-state index contributed by atoms with van der Waals surface area (Å²) in [4.78, 5) is 2.56. The van der Waals surface area contributed by atoms with Crippen LogP contribution in [0.15, 0.2) is 24.3 Å². The average Bonchev–Trinajstić information content (AvgIpc) is 2.70. The van der Waals surface area contributed by atoms with Gasteiger partial charge in [0.2, 0.25) is 0 Å². The normalized spacial score (nSPS) is 24.4. The zero-order valence-electron chi connectivity index (χ0n) is 11.9. The third-order valence-corrected chi connectivity index (χ3v) is 3.87. The first-order valence-electron chi connectivity index (χ1n) is 7.11. The van der Waals surface area contributed by atoms with Crippen molar-refractivity contribution in [2.24, 2.45) is 11.8 Å². The molecule has 2 nitrogen and oxygen atoms in total. The molecule has 0 aromatic heterocycles. The van der Waals surface area contributed by atoms with Gasteiger partial charge in [0.1, 0.15) is 5.75 Å². The van der Waals surface area contributed by atoms with Crippen LogP contribution in [-0.4, -0.2) is 31.1 Å². The number of likely N-dealkylation sites (tertiary alicyclic amines) is 1. The Balaban J connectivity index is 1.81. The molecule has 1 fully saturated rings. The Morgan fingerprint density at radius 1 is 1.22 bits per heavy atom. The van der Waals surface area contributed by atoms with E-state index in [1.165, 1.54) is 31.6 Å². The Kier molecular flexibility index (Phi) is 4.65. The first-order valence-corrected chi connectivity index (χ1v) is 7.11. The van der Waals surface area contributed by atoms with Crippen molar-refractivity contribution in [3.8, 4) is 5.75 Å². The van der Waals surface area contributed by atoms with Crippen LogP contribution in [0.1, 0.15) is 25.8 Å². The summed E-state index contributed by atoms with van der Waals surface area (Å²) in [5, 5.41) is 0. The molecule has 0 bridgehead atoms. The number of rotatable bonds is 5. The maximum Gasteiger partial charge on any atom is 0.119 e. The van der Waals surface area contributed by atoms with Crippen molar-refractivity contribution in [1.82, 2.24) is 4.90 Å². The monoisotopic (exact) mass is 247 g/mol. The van der Waals surface area contributed by atoms with E-state index in [1.807, 2.05) is 0 Å². The fourth-order valence-corrected chi connectivity index (χ4v) is 2.70. The number of hydrogen-bond donors (Lipinski definition) is 0. The molecule has 0 spiro atoms. The molecule has 2 rings (SSSR count). The zero-order chi connectivity index (χ0) is 13.0. The molecule has 2 atom stereocenters. The Labute approximate surface area is 111 Å². The van der Waals surface area contributed by atoms with Crippen molar-refractivity contribution in [3.63, 3.8) is 0 Å². The van der Waals surface area contributed by atoms with Gasteiger partial charge in [-0.3, -0.25) is 0 Å². The van der Waals surface area contributed by atoms with Crippen molar-refractivity contribution >= 4 is 0 Å². The standard InChI is InChI=1S/C16H25NO/c1-4-9-17-10-14(3)15(11-17)12-18-16-7-5-13(2)6-8-16/h5-8,14-15H,4,9-12H2,1-3H3. The number of aryl methyl sites for hydroxylation is 1. The summed E-state index contributed by atoms with van der Waals surface area (Å²) in [5.74, 6) is 2.43. The number of nitrogens with zero attached hydrogens (tertiary/aromatic N) is 1. The predicted molar refractivity (Wildman–Crippen MR) is 76.1 cm³/mol. The Morgan fingerprint density at radius 2 is 1.94 bits per heavy atom. The van der Waals surface area contributed by atoms with Gasteiger partial charge in [-0.15, -0.1) is 0 Å². The minimum absolute atomic E-state index is 0.679. The van der Waals surface area contributed by atoms with Crippen LogP contribution in [0.4, 0.5) is 0 Å². The van der Waals surface area contributed by atoms with E-state index in [9.17, 15) is 0 Å². The van der Waals surface area contributed by atoms with Crippen LogP contribution in [-0.2, 0) is 0 Å². The van der Waals surface area contributed by atoms with E-state index >= 15 is 0 Å². The van der Waals surface area contributed by atoms with Crippen LogP contribution in [0, 0.1) is 18.8 Å². The lowest BCUT2D eigenvalue weighted by Crippen LogP contribution is -2.23. The van der Waals surface area contributed by atoms with Crippen molar-refractivity contribution in [3.05, 3.63) is 29.8 Å². The lowest BCUT2D eigenvalue weighted by atomic mass is 9.99. The third kappa shape index (κ3) is 3.49. The average molecular weight is 247 g/mol. The molecule has 0 radical (unpaired) electrons. The minimum Gasteiger partial charge on any atom is -0.493 e. The summed E-state index contributed by atoms with van der Waals surface area (Å²) in [6, 6.07) is 8.35. The van der Waals surface area contributed by atoms with Crippen LogP contribution >= 0.6 is 0 Å². The second kappa shape index (κ2) is 6.24. The highest BCUT2D eigenvalue weighted by molar-refractivity contribution is 5.26. The smallest absolute Gasteiger partial charge is 0.119 e. The summed E-state index contributed by atoms with van der Waals surface area (Å²) in [7, 11) is 0. The van der Waals surface area contributed by atoms with E-state index in [1.54, 1.807) is 0 Å². The van der Waals surface area contributed by atoms with E-state index in [-0.39, 0.29) is 0 Å². The van der Waals surface area contributed by atoms with Gasteiger partial charge in [-0.2, -0.15) is 0 Å². The quantitative estimate of drug-likeness (QED) is 0.791. The van der Waals surface area contributed by atoms with Crippen LogP contribution in [0.2, 0.25) is 0 Å². The topological polar surface area (TPSA) is 12.5 Å². The molecule has 18 heavy (non-hydrogen) atoms. The summed E-state index contributed by atoms with van der Waals surface area (Å²) in [6.07, 6.45) is 1.25. The molecule has 100 valence electrons. The molecule has 0 N–H and O–H groups in total. The van der Waals surface area contributed by atoms with Crippen molar-refractivity contribution in [2.75, 3.05) is 26.2 Å². The predicted octanol–water partition coefficient (Wildman–Crippen LogP) is 3.35. The van der Waals surface area contributed by atoms with E-state index in [0.29, 0.717) is 5.92 Å². The highest BCUT2D eigenvalue weighted by Crippen LogP contribution is 2.24. The lowest BCUT2D eigenvalue weighted by molar-refractivity contribution is 0.225. The van der Waals surface area contributed by atoms with E-state index in [2.05, 4.69) is 49.9 Å². The van der Waals surface area contributed by atoms with Crippen LogP contribution in [0.5, 0.6) is 5.75 Å². The van der Waals surface area contributed by atoms with Gasteiger partial charge in [0.05, 0.1) is 6.61 Å². The summed E-state index contributed by atoms with van der Waals surface area (Å²) >= 11 is 0. The zero-order valence-corrected chi connectivity index (χ0v) is 11.9. The highest BCUT2D eigenvalue weighted by Gasteiger charge is 2.29. The van der Waals surface area contributed by atoms with Gasteiger partial charge < -0.3 is 9.64 Å². The van der Waals surface area contributed by atoms with E-state index in [0.717, 1.165) is 18.3 Å². The van der Waals surface area contributed by atoms with Crippen LogP contribution in [0.25, 0.3) is 0 Å². The molecule has 1 heterocycles. The molecule has 0 amide bonds. The second-order valence-corrected chi connectivity index (χ2v) is 5.62. The molecule has 1 aromatic rings. The third-order valence-electron chi connectivity index (χ3n) is 3.87. The molecular formula is C16H25NO. The van der Waals surface area contributed by atoms with Crippen molar-refractivity contribution < 1.29 is 4.74 Å². The largest absolute Gasteiger partial charge is 0.493 e. The van der Waals surface area contributed by atoms with Gasteiger partial charge in [-0.1, -0.05) is 31.5 Å². The number of hydrogen-bond acceptors (Lipinski definition) is 2. The maximum absolute atomic E-state index is 5.92. The maximum atomic E-state index is 5.92. The van der Waals surface area contributed by atoms with Gasteiger partial charge in [0.15, 0.2) is 0 Å². The first-order chi connectivity index (χ1) is 8.69. The molecule has 1 aromatic carbocycles. The van der Waals surface area contributed by atoms with E-state index < -0.39 is 0 Å². The van der Waals surface area contributed by atoms with Gasteiger partial charge in [0.25, 0.3) is 0 Å². The molecule has 0 saturated carbocycles. The number of ether oxygens (including phenoxy) is 1. The minimum atomic E-state index is 0.679.